The molecule has 2 amide bonds. The molecule has 5 nitrogen and oxygen atoms in total. The van der Waals surface area contributed by atoms with Crippen LogP contribution in [0.25, 0.3) is 0 Å². The maximum atomic E-state index is 12.0. The minimum atomic E-state index is -0.466. The van der Waals surface area contributed by atoms with E-state index >= 15 is 0 Å². The average molecular weight is 247 g/mol. The molecule has 2 aliphatic rings. The van der Waals surface area contributed by atoms with E-state index in [0.29, 0.717) is 37.2 Å². The second kappa shape index (κ2) is 4.68. The highest BCUT2D eigenvalue weighted by molar-refractivity contribution is 5.98. The fraction of sp³-hybridized carbons (Fsp3) is 0.385. The largest absolute Gasteiger partial charge is 0.362 e. The zero-order valence-electron chi connectivity index (χ0n) is 10.2. The summed E-state index contributed by atoms with van der Waals surface area (Å²) in [6.07, 6.45) is 5.35. The highest BCUT2D eigenvalue weighted by Crippen LogP contribution is 2.25. The van der Waals surface area contributed by atoms with Gasteiger partial charge in [-0.2, -0.15) is 0 Å². The van der Waals surface area contributed by atoms with Crippen LogP contribution in [0.5, 0.6) is 0 Å². The SMILES string of the molecule is C=CC1=C(C=C)C(=O)NC2(CCN(C=O)CC2)N1. The van der Waals surface area contributed by atoms with Gasteiger partial charge in [0.2, 0.25) is 6.41 Å². The summed E-state index contributed by atoms with van der Waals surface area (Å²) in [5.41, 5.74) is 0.744. The summed E-state index contributed by atoms with van der Waals surface area (Å²) in [6, 6.07) is 0. The lowest BCUT2D eigenvalue weighted by Gasteiger charge is -2.45. The predicted octanol–water partition coefficient (Wildman–Crippen LogP) is 0.280. The molecule has 2 heterocycles. The maximum absolute atomic E-state index is 12.0. The fourth-order valence-electron chi connectivity index (χ4n) is 2.39. The Bertz CT molecular complexity index is 432. The first kappa shape index (κ1) is 12.4. The Labute approximate surface area is 106 Å². The first-order valence-corrected chi connectivity index (χ1v) is 5.93. The molecular weight excluding hydrogens is 230 g/mol. The van der Waals surface area contributed by atoms with E-state index in [-0.39, 0.29) is 5.91 Å². The summed E-state index contributed by atoms with van der Waals surface area (Å²) in [6.45, 7) is 8.60. The van der Waals surface area contributed by atoms with Crippen LogP contribution < -0.4 is 10.6 Å². The van der Waals surface area contributed by atoms with Gasteiger partial charge in [0.1, 0.15) is 5.66 Å². The molecule has 2 N–H and O–H groups in total. The number of nitrogens with one attached hydrogen (secondary N) is 2. The molecule has 0 aromatic rings. The van der Waals surface area contributed by atoms with Crippen molar-refractivity contribution in [2.24, 2.45) is 0 Å². The van der Waals surface area contributed by atoms with Crippen LogP contribution in [0, 0.1) is 0 Å². The molecule has 0 bridgehead atoms. The molecular formula is C13H17N3O2. The number of amides is 2. The molecule has 0 atom stereocenters. The lowest BCUT2D eigenvalue weighted by Crippen LogP contribution is -2.65. The highest BCUT2D eigenvalue weighted by Gasteiger charge is 2.39. The zero-order chi connectivity index (χ0) is 13.2. The third-order valence-electron chi connectivity index (χ3n) is 3.47. The summed E-state index contributed by atoms with van der Waals surface area (Å²) in [5.74, 6) is -0.141. The fourth-order valence-corrected chi connectivity index (χ4v) is 2.39. The van der Waals surface area contributed by atoms with Gasteiger partial charge >= 0.3 is 0 Å². The van der Waals surface area contributed by atoms with Crippen LogP contribution in [-0.2, 0) is 9.59 Å². The van der Waals surface area contributed by atoms with Crippen LogP contribution >= 0.6 is 0 Å². The molecule has 96 valence electrons. The van der Waals surface area contributed by atoms with Gasteiger partial charge in [-0.05, 0) is 6.08 Å². The molecule has 0 aliphatic carbocycles. The summed E-state index contributed by atoms with van der Waals surface area (Å²) in [7, 11) is 0. The molecule has 5 heteroatoms. The van der Waals surface area contributed by atoms with Gasteiger partial charge in [0, 0.05) is 31.6 Å². The number of allylic oxidation sites excluding steroid dienone is 1. The van der Waals surface area contributed by atoms with Gasteiger partial charge in [0.05, 0.1) is 5.57 Å². The van der Waals surface area contributed by atoms with Crippen molar-refractivity contribution < 1.29 is 9.59 Å². The van der Waals surface area contributed by atoms with Gasteiger partial charge in [-0.1, -0.05) is 19.2 Å². The lowest BCUT2D eigenvalue weighted by atomic mass is 9.92. The monoisotopic (exact) mass is 247 g/mol. The molecule has 1 saturated heterocycles. The molecule has 0 aromatic heterocycles. The number of hydrogen-bond donors (Lipinski definition) is 2. The second-order valence-corrected chi connectivity index (χ2v) is 4.54. The molecule has 0 saturated carbocycles. The maximum Gasteiger partial charge on any atom is 0.255 e. The minimum absolute atomic E-state index is 0.141. The number of piperidine rings is 1. The van der Waals surface area contributed by atoms with Crippen molar-refractivity contribution in [3.8, 4) is 0 Å². The molecule has 0 unspecified atom stereocenters. The van der Waals surface area contributed by atoms with E-state index in [0.717, 1.165) is 6.41 Å². The topological polar surface area (TPSA) is 61.4 Å². The predicted molar refractivity (Wildman–Crippen MR) is 68.3 cm³/mol. The third-order valence-corrected chi connectivity index (χ3v) is 3.47. The number of likely N-dealkylation sites (tertiary alicyclic amines) is 1. The van der Waals surface area contributed by atoms with Crippen LogP contribution in [0.4, 0.5) is 0 Å². The van der Waals surface area contributed by atoms with E-state index in [1.807, 2.05) is 0 Å². The number of rotatable bonds is 3. The Morgan fingerprint density at radius 1 is 1.17 bits per heavy atom. The molecule has 1 fully saturated rings. The van der Waals surface area contributed by atoms with Crippen LogP contribution in [0.3, 0.4) is 0 Å². The van der Waals surface area contributed by atoms with Crippen molar-refractivity contribution in [1.29, 1.82) is 0 Å². The third kappa shape index (κ3) is 2.03. The number of carbonyl (C=O) groups is 2. The van der Waals surface area contributed by atoms with Crippen molar-refractivity contribution in [2.75, 3.05) is 13.1 Å². The lowest BCUT2D eigenvalue weighted by molar-refractivity contribution is -0.122. The smallest absolute Gasteiger partial charge is 0.255 e. The average Bonchev–Trinajstić information content (AvgIpc) is 2.39. The van der Waals surface area contributed by atoms with E-state index in [1.165, 1.54) is 6.08 Å². The highest BCUT2D eigenvalue weighted by atomic mass is 16.2. The van der Waals surface area contributed by atoms with Crippen molar-refractivity contribution in [1.82, 2.24) is 15.5 Å². The zero-order valence-corrected chi connectivity index (χ0v) is 10.2. The Balaban J connectivity index is 2.22. The Morgan fingerprint density at radius 2 is 1.83 bits per heavy atom. The number of hydrogen-bond acceptors (Lipinski definition) is 3. The standard InChI is InChI=1S/C13H17N3O2/c1-3-10-11(4-2)14-13(15-12(10)18)5-7-16(9-17)8-6-13/h3-4,9,14H,1-2,5-8H2,(H,15,18). The van der Waals surface area contributed by atoms with Gasteiger partial charge in [-0.25, -0.2) is 0 Å². The first-order chi connectivity index (χ1) is 8.64. The molecule has 0 aromatic carbocycles. The Kier molecular flexibility index (Phi) is 3.23. The molecule has 2 aliphatic heterocycles. The van der Waals surface area contributed by atoms with E-state index in [1.54, 1.807) is 11.0 Å². The molecule has 2 rings (SSSR count). The number of carbonyl (C=O) groups excluding carboxylic acids is 2. The quantitative estimate of drug-likeness (QED) is 0.704. The van der Waals surface area contributed by atoms with Crippen LogP contribution in [-0.4, -0.2) is 36.0 Å². The van der Waals surface area contributed by atoms with Crippen molar-refractivity contribution in [2.45, 2.75) is 18.5 Å². The summed E-state index contributed by atoms with van der Waals surface area (Å²) in [5, 5.41) is 6.28. The molecule has 0 radical (unpaired) electrons. The normalized spacial score (nSPS) is 22.2. The number of nitrogens with zero attached hydrogens (tertiary/aromatic N) is 1. The van der Waals surface area contributed by atoms with E-state index in [4.69, 9.17) is 0 Å². The van der Waals surface area contributed by atoms with Crippen molar-refractivity contribution in [3.63, 3.8) is 0 Å². The van der Waals surface area contributed by atoms with Gasteiger partial charge < -0.3 is 15.5 Å². The molecule has 18 heavy (non-hydrogen) atoms. The van der Waals surface area contributed by atoms with Gasteiger partial charge in [-0.3, -0.25) is 9.59 Å². The van der Waals surface area contributed by atoms with Crippen LogP contribution in [0.15, 0.2) is 36.6 Å². The van der Waals surface area contributed by atoms with E-state index in [9.17, 15) is 9.59 Å². The van der Waals surface area contributed by atoms with Gasteiger partial charge in [0.25, 0.3) is 5.91 Å². The summed E-state index contributed by atoms with van der Waals surface area (Å²) in [4.78, 5) is 24.4. The van der Waals surface area contributed by atoms with Crippen molar-refractivity contribution >= 4 is 12.3 Å². The minimum Gasteiger partial charge on any atom is -0.362 e. The second-order valence-electron chi connectivity index (χ2n) is 4.54. The molecule has 1 spiro atoms. The first-order valence-electron chi connectivity index (χ1n) is 5.93. The van der Waals surface area contributed by atoms with Crippen LogP contribution in [0.2, 0.25) is 0 Å². The van der Waals surface area contributed by atoms with Gasteiger partial charge in [-0.15, -0.1) is 0 Å². The van der Waals surface area contributed by atoms with Crippen molar-refractivity contribution in [3.05, 3.63) is 36.6 Å². The van der Waals surface area contributed by atoms with Crippen LogP contribution in [0.1, 0.15) is 12.8 Å². The van der Waals surface area contributed by atoms with E-state index < -0.39 is 5.66 Å². The Morgan fingerprint density at radius 3 is 2.33 bits per heavy atom. The Hall–Kier alpha value is -2.04. The van der Waals surface area contributed by atoms with Gasteiger partial charge in [0.15, 0.2) is 0 Å². The summed E-state index contributed by atoms with van der Waals surface area (Å²) < 4.78 is 0. The van der Waals surface area contributed by atoms with E-state index in [2.05, 4.69) is 23.8 Å². The summed E-state index contributed by atoms with van der Waals surface area (Å²) >= 11 is 0.